The lowest BCUT2D eigenvalue weighted by molar-refractivity contribution is 0.0755. The SMILES string of the molecule is O=C(NCC1CC(c2cccc(-c3cccc(CN4CCCC4)c3)c2)=NO1)c1ccc(Cl)s1. The topological polar surface area (TPSA) is 53.9 Å². The molecule has 1 saturated heterocycles. The second-order valence-corrected chi connectivity index (χ2v) is 10.3. The van der Waals surface area contributed by atoms with Gasteiger partial charge in [0.2, 0.25) is 0 Å². The highest BCUT2D eigenvalue weighted by atomic mass is 35.5. The van der Waals surface area contributed by atoms with Crippen molar-refractivity contribution in [2.45, 2.75) is 31.9 Å². The summed E-state index contributed by atoms with van der Waals surface area (Å²) in [5.41, 5.74) is 5.69. The molecular formula is C26H26ClN3O2S. The summed E-state index contributed by atoms with van der Waals surface area (Å²) in [5.74, 6) is -0.139. The average molecular weight is 480 g/mol. The quantitative estimate of drug-likeness (QED) is 0.480. The van der Waals surface area contributed by atoms with Crippen LogP contribution in [0.3, 0.4) is 0 Å². The van der Waals surface area contributed by atoms with Gasteiger partial charge in [-0.05, 0) is 66.9 Å². The third-order valence-corrected chi connectivity index (χ3v) is 7.31. The molecule has 1 aromatic heterocycles. The van der Waals surface area contributed by atoms with Crippen molar-refractivity contribution < 1.29 is 9.63 Å². The van der Waals surface area contributed by atoms with Crippen molar-refractivity contribution in [2.75, 3.05) is 19.6 Å². The monoisotopic (exact) mass is 479 g/mol. The van der Waals surface area contributed by atoms with Gasteiger partial charge in [-0.2, -0.15) is 0 Å². The zero-order chi connectivity index (χ0) is 22.6. The number of hydrogen-bond donors (Lipinski definition) is 1. The highest BCUT2D eigenvalue weighted by molar-refractivity contribution is 7.18. The molecule has 0 bridgehead atoms. The first kappa shape index (κ1) is 22.1. The van der Waals surface area contributed by atoms with E-state index >= 15 is 0 Å². The van der Waals surface area contributed by atoms with Gasteiger partial charge in [-0.15, -0.1) is 11.3 Å². The minimum Gasteiger partial charge on any atom is -0.390 e. The summed E-state index contributed by atoms with van der Waals surface area (Å²) in [6, 6.07) is 20.7. The lowest BCUT2D eigenvalue weighted by Crippen LogP contribution is -2.31. The van der Waals surface area contributed by atoms with Crippen molar-refractivity contribution in [2.24, 2.45) is 5.16 Å². The van der Waals surface area contributed by atoms with Crippen LogP contribution in [0.15, 0.2) is 65.8 Å². The van der Waals surface area contributed by atoms with Crippen molar-refractivity contribution in [3.8, 4) is 11.1 Å². The van der Waals surface area contributed by atoms with Gasteiger partial charge in [0.15, 0.2) is 0 Å². The van der Waals surface area contributed by atoms with E-state index in [9.17, 15) is 4.79 Å². The molecule has 5 rings (SSSR count). The lowest BCUT2D eigenvalue weighted by atomic mass is 9.98. The molecule has 0 saturated carbocycles. The van der Waals surface area contributed by atoms with Gasteiger partial charge in [-0.3, -0.25) is 9.69 Å². The Morgan fingerprint density at radius 1 is 1.06 bits per heavy atom. The highest BCUT2D eigenvalue weighted by Gasteiger charge is 2.23. The Hall–Kier alpha value is -2.67. The Balaban J connectivity index is 1.21. The maximum atomic E-state index is 12.2. The van der Waals surface area contributed by atoms with Gasteiger partial charge >= 0.3 is 0 Å². The molecule has 2 aromatic carbocycles. The van der Waals surface area contributed by atoms with Crippen molar-refractivity contribution in [3.05, 3.63) is 81.0 Å². The van der Waals surface area contributed by atoms with Crippen LogP contribution in [0.4, 0.5) is 0 Å². The number of rotatable bonds is 7. The van der Waals surface area contributed by atoms with Gasteiger partial charge in [-0.1, -0.05) is 53.2 Å². The van der Waals surface area contributed by atoms with Gasteiger partial charge in [0.05, 0.1) is 21.5 Å². The van der Waals surface area contributed by atoms with E-state index in [2.05, 4.69) is 63.9 Å². The van der Waals surface area contributed by atoms with Crippen molar-refractivity contribution in [3.63, 3.8) is 0 Å². The molecule has 5 nitrogen and oxygen atoms in total. The molecule has 1 fully saturated rings. The van der Waals surface area contributed by atoms with Crippen LogP contribution in [-0.2, 0) is 11.4 Å². The van der Waals surface area contributed by atoms with Gasteiger partial charge in [0.25, 0.3) is 5.91 Å². The summed E-state index contributed by atoms with van der Waals surface area (Å²) in [6.45, 7) is 3.81. The average Bonchev–Trinajstić information content (AvgIpc) is 3.60. The predicted molar refractivity (Wildman–Crippen MR) is 134 cm³/mol. The molecule has 1 N–H and O–H groups in total. The fourth-order valence-electron chi connectivity index (χ4n) is 4.36. The zero-order valence-electron chi connectivity index (χ0n) is 18.3. The Bertz CT molecular complexity index is 1170. The van der Waals surface area contributed by atoms with E-state index in [0.29, 0.717) is 22.2 Å². The van der Waals surface area contributed by atoms with E-state index < -0.39 is 0 Å². The van der Waals surface area contributed by atoms with E-state index in [0.717, 1.165) is 17.8 Å². The third-order valence-electron chi connectivity index (χ3n) is 6.08. The number of thiophene rings is 1. The van der Waals surface area contributed by atoms with Crippen LogP contribution < -0.4 is 5.32 Å². The van der Waals surface area contributed by atoms with Crippen molar-refractivity contribution >= 4 is 34.6 Å². The first-order chi connectivity index (χ1) is 16.1. The van der Waals surface area contributed by atoms with Gasteiger partial charge < -0.3 is 10.2 Å². The fraction of sp³-hybridized carbons (Fsp3) is 0.308. The number of halogens is 1. The molecule has 0 aliphatic carbocycles. The minimum absolute atomic E-state index is 0.139. The number of nitrogens with one attached hydrogen (secondary N) is 1. The molecule has 33 heavy (non-hydrogen) atoms. The second kappa shape index (κ2) is 10.1. The van der Waals surface area contributed by atoms with Crippen LogP contribution in [0, 0.1) is 0 Å². The number of nitrogens with zero attached hydrogens (tertiary/aromatic N) is 2. The summed E-state index contributed by atoms with van der Waals surface area (Å²) in [6.07, 6.45) is 3.09. The van der Waals surface area contributed by atoms with Crippen LogP contribution >= 0.6 is 22.9 Å². The molecule has 2 aliphatic rings. The summed E-state index contributed by atoms with van der Waals surface area (Å²) < 4.78 is 0.601. The van der Waals surface area contributed by atoms with E-state index in [1.807, 2.05) is 0 Å². The van der Waals surface area contributed by atoms with Crippen LogP contribution in [0.1, 0.15) is 40.1 Å². The molecule has 7 heteroatoms. The first-order valence-electron chi connectivity index (χ1n) is 11.3. The number of carbonyl (C=O) groups excluding carboxylic acids is 1. The Labute approximate surface area is 203 Å². The molecule has 0 spiro atoms. The van der Waals surface area contributed by atoms with Gasteiger partial charge in [0, 0.05) is 18.5 Å². The third kappa shape index (κ3) is 5.46. The van der Waals surface area contributed by atoms with E-state index in [1.54, 1.807) is 12.1 Å². The lowest BCUT2D eigenvalue weighted by Gasteiger charge is -2.15. The molecule has 2 aliphatic heterocycles. The van der Waals surface area contributed by atoms with E-state index in [4.69, 9.17) is 16.4 Å². The molecule has 1 amide bonds. The smallest absolute Gasteiger partial charge is 0.261 e. The van der Waals surface area contributed by atoms with Crippen LogP contribution in [0.25, 0.3) is 11.1 Å². The van der Waals surface area contributed by atoms with Crippen molar-refractivity contribution in [1.82, 2.24) is 10.2 Å². The maximum Gasteiger partial charge on any atom is 0.261 e. The first-order valence-corrected chi connectivity index (χ1v) is 12.5. The van der Waals surface area contributed by atoms with Crippen molar-refractivity contribution in [1.29, 1.82) is 0 Å². The summed E-state index contributed by atoms with van der Waals surface area (Å²) in [7, 11) is 0. The van der Waals surface area contributed by atoms with Gasteiger partial charge in [0.1, 0.15) is 6.10 Å². The fourth-order valence-corrected chi connectivity index (χ4v) is 5.32. The highest BCUT2D eigenvalue weighted by Crippen LogP contribution is 2.26. The van der Waals surface area contributed by atoms with Gasteiger partial charge in [-0.25, -0.2) is 0 Å². The zero-order valence-corrected chi connectivity index (χ0v) is 19.9. The largest absolute Gasteiger partial charge is 0.390 e. The Kier molecular flexibility index (Phi) is 6.76. The molecule has 170 valence electrons. The molecular weight excluding hydrogens is 454 g/mol. The standard InChI is InChI=1S/C26H26ClN3O2S/c27-25-10-9-24(33-25)26(31)28-16-22-15-23(29-32-22)21-8-4-7-20(14-21)19-6-3-5-18(13-19)17-30-11-1-2-12-30/h3-10,13-14,22H,1-2,11-12,15-17H2,(H,28,31). The molecule has 1 unspecified atom stereocenters. The predicted octanol–water partition coefficient (Wildman–Crippen LogP) is 5.59. The maximum absolute atomic E-state index is 12.2. The number of oxime groups is 1. The second-order valence-electron chi connectivity index (χ2n) is 8.55. The van der Waals surface area contributed by atoms with E-state index in [1.165, 1.54) is 54.0 Å². The van der Waals surface area contributed by atoms with Crippen LogP contribution in [-0.4, -0.2) is 42.3 Å². The van der Waals surface area contributed by atoms with Crippen LogP contribution in [0.5, 0.6) is 0 Å². The molecule has 0 radical (unpaired) electrons. The number of amides is 1. The molecule has 3 aromatic rings. The number of likely N-dealkylation sites (tertiary alicyclic amines) is 1. The summed E-state index contributed by atoms with van der Waals surface area (Å²) in [4.78, 5) is 21.0. The normalized spacial score (nSPS) is 18.2. The minimum atomic E-state index is -0.174. The number of hydrogen-bond acceptors (Lipinski definition) is 5. The Morgan fingerprint density at radius 2 is 1.82 bits per heavy atom. The summed E-state index contributed by atoms with van der Waals surface area (Å²) in [5, 5.41) is 7.21. The summed E-state index contributed by atoms with van der Waals surface area (Å²) >= 11 is 7.18. The number of benzene rings is 2. The molecule has 1 atom stereocenters. The molecule has 3 heterocycles. The van der Waals surface area contributed by atoms with Crippen LogP contribution in [0.2, 0.25) is 4.34 Å². The van der Waals surface area contributed by atoms with E-state index in [-0.39, 0.29) is 12.0 Å². The number of carbonyl (C=O) groups is 1. The Morgan fingerprint density at radius 3 is 2.61 bits per heavy atom.